The minimum Gasteiger partial charge on any atom is -0.285 e. The molecule has 0 aromatic carbocycles. The van der Waals surface area contributed by atoms with Gasteiger partial charge in [0.1, 0.15) is 0 Å². The van der Waals surface area contributed by atoms with E-state index in [9.17, 15) is 0 Å². The molecule has 7 aliphatic rings. The average Bonchev–Trinajstić information content (AvgIpc) is 2.76. The van der Waals surface area contributed by atoms with Crippen molar-refractivity contribution in [3.63, 3.8) is 0 Å². The lowest BCUT2D eigenvalue weighted by molar-refractivity contribution is -0.148. The highest BCUT2D eigenvalue weighted by atomic mass is 15.6. The predicted molar refractivity (Wildman–Crippen MR) is 113 cm³/mol. The molecule has 0 spiro atoms. The highest BCUT2D eigenvalue weighted by molar-refractivity contribution is 5.29. The zero-order chi connectivity index (χ0) is 18.2. The summed E-state index contributed by atoms with van der Waals surface area (Å²) in [5, 5.41) is 5.18. The van der Waals surface area contributed by atoms with Crippen molar-refractivity contribution in [2.24, 2.45) is 47.3 Å². The molecule has 0 N–H and O–H groups in total. The van der Waals surface area contributed by atoms with E-state index in [0.29, 0.717) is 0 Å². The van der Waals surface area contributed by atoms with Crippen molar-refractivity contribution >= 4 is 0 Å². The number of hydrazine groups is 1. The predicted octanol–water partition coefficient (Wildman–Crippen LogP) is 6.10. The lowest BCUT2D eigenvalue weighted by Crippen LogP contribution is -2.65. The van der Waals surface area contributed by atoms with Crippen molar-refractivity contribution in [3.05, 3.63) is 36.3 Å². The molecule has 0 saturated heterocycles. The third kappa shape index (κ3) is 2.16. The summed E-state index contributed by atoms with van der Waals surface area (Å²) < 4.78 is 0. The first-order valence-electron chi connectivity index (χ1n) is 12.5. The molecule has 28 heavy (non-hydrogen) atoms. The summed E-state index contributed by atoms with van der Waals surface area (Å²) in [5.41, 5.74) is 1.90. The number of rotatable bonds is 0. The maximum atomic E-state index is 2.68. The molecule has 7 rings (SSSR count). The van der Waals surface area contributed by atoms with E-state index in [1.54, 1.807) is 12.8 Å². The first-order chi connectivity index (χ1) is 13.9. The van der Waals surface area contributed by atoms with E-state index in [1.165, 1.54) is 57.8 Å². The fourth-order valence-corrected chi connectivity index (χ4v) is 9.63. The number of nitrogens with zero attached hydrogens (tertiary/aromatic N) is 2. The van der Waals surface area contributed by atoms with Crippen LogP contribution in [0.2, 0.25) is 0 Å². The molecule has 0 amide bonds. The Hall–Kier alpha value is -1.18. The van der Waals surface area contributed by atoms with E-state index in [1.807, 2.05) is 5.57 Å². The van der Waals surface area contributed by atoms with Crippen LogP contribution in [0.5, 0.6) is 0 Å². The molecule has 2 nitrogen and oxygen atoms in total. The van der Waals surface area contributed by atoms with Crippen LogP contribution in [0.4, 0.5) is 0 Å². The van der Waals surface area contributed by atoms with Gasteiger partial charge in [-0.3, -0.25) is 10.0 Å². The monoisotopic (exact) mass is 376 g/mol. The van der Waals surface area contributed by atoms with Crippen LogP contribution in [0.15, 0.2) is 36.3 Å². The second-order valence-corrected chi connectivity index (χ2v) is 11.2. The van der Waals surface area contributed by atoms with Crippen LogP contribution in [-0.4, -0.2) is 16.1 Å². The van der Waals surface area contributed by atoms with E-state index >= 15 is 0 Å². The maximum absolute atomic E-state index is 2.68. The molecular formula is C26H36N2. The molecule has 2 heteroatoms. The van der Waals surface area contributed by atoms with E-state index in [4.69, 9.17) is 0 Å². The number of allylic oxidation sites excluding steroid dienone is 2. The molecule has 5 fully saturated rings. The SMILES string of the molecule is C1=CN2C=C3C4CCCCC4CC4C5CCCC6CCCC(C65)C(C34)N2C=C1. The van der Waals surface area contributed by atoms with Crippen LogP contribution in [-0.2, 0) is 0 Å². The minimum absolute atomic E-state index is 0.747. The fraction of sp³-hybridized carbons (Fsp3) is 0.769. The van der Waals surface area contributed by atoms with Gasteiger partial charge in [-0.1, -0.05) is 38.5 Å². The van der Waals surface area contributed by atoms with Gasteiger partial charge in [-0.05, 0) is 91.3 Å². The normalized spacial score (nSPS) is 50.9. The van der Waals surface area contributed by atoms with Crippen molar-refractivity contribution < 1.29 is 0 Å². The van der Waals surface area contributed by atoms with Crippen LogP contribution < -0.4 is 0 Å². The number of hydrogen-bond donors (Lipinski definition) is 0. The summed E-state index contributed by atoms with van der Waals surface area (Å²) in [6, 6.07) is 0.747. The van der Waals surface area contributed by atoms with Crippen LogP contribution in [0.1, 0.15) is 70.6 Å². The van der Waals surface area contributed by atoms with Gasteiger partial charge < -0.3 is 0 Å². The highest BCUT2D eigenvalue weighted by Gasteiger charge is 2.60. The molecule has 0 aromatic heterocycles. The minimum atomic E-state index is 0.747. The molecule has 2 heterocycles. The summed E-state index contributed by atoms with van der Waals surface area (Å²) >= 11 is 0. The Morgan fingerprint density at radius 1 is 0.714 bits per heavy atom. The van der Waals surface area contributed by atoms with Gasteiger partial charge in [-0.15, -0.1) is 0 Å². The lowest BCUT2D eigenvalue weighted by Gasteiger charge is -2.66. The standard InChI is InChI=1S/C26H36N2/c1-2-10-19-18(7-1)15-22-20-11-5-8-17-9-6-12-21(24(17)20)26-25(22)23(19)16-27-13-3-4-14-28(26)27/h3-4,13-14,16-22,24-26H,1-2,5-12,15H2. The molecule has 2 aliphatic heterocycles. The van der Waals surface area contributed by atoms with Gasteiger partial charge >= 0.3 is 0 Å². The van der Waals surface area contributed by atoms with E-state index in [0.717, 1.165) is 53.4 Å². The second kappa shape index (κ2) is 6.16. The molecule has 5 saturated carbocycles. The summed E-state index contributed by atoms with van der Waals surface area (Å²) in [4.78, 5) is 0. The van der Waals surface area contributed by atoms with Crippen molar-refractivity contribution in [3.8, 4) is 0 Å². The third-order valence-electron chi connectivity index (χ3n) is 10.3. The molecule has 0 radical (unpaired) electrons. The van der Waals surface area contributed by atoms with Crippen molar-refractivity contribution in [2.75, 3.05) is 0 Å². The van der Waals surface area contributed by atoms with Gasteiger partial charge in [0, 0.05) is 24.5 Å². The Morgan fingerprint density at radius 3 is 2.43 bits per heavy atom. The average molecular weight is 377 g/mol. The third-order valence-corrected chi connectivity index (χ3v) is 10.3. The fourth-order valence-electron chi connectivity index (χ4n) is 9.63. The zero-order valence-electron chi connectivity index (χ0n) is 17.3. The molecule has 9 atom stereocenters. The number of fused-ring (bicyclic) bond motifs is 6. The summed E-state index contributed by atoms with van der Waals surface area (Å²) in [6.45, 7) is 0. The lowest BCUT2D eigenvalue weighted by atomic mass is 9.44. The van der Waals surface area contributed by atoms with E-state index < -0.39 is 0 Å². The van der Waals surface area contributed by atoms with Crippen LogP contribution in [0.25, 0.3) is 0 Å². The Labute approximate surface area is 170 Å². The largest absolute Gasteiger partial charge is 0.285 e. The molecule has 5 aliphatic carbocycles. The van der Waals surface area contributed by atoms with Crippen molar-refractivity contribution in [2.45, 2.75) is 76.7 Å². The summed E-state index contributed by atoms with van der Waals surface area (Å²) in [5.74, 6) is 7.81. The second-order valence-electron chi connectivity index (χ2n) is 11.2. The maximum Gasteiger partial charge on any atom is 0.0602 e. The van der Waals surface area contributed by atoms with Crippen molar-refractivity contribution in [1.29, 1.82) is 0 Å². The van der Waals surface area contributed by atoms with Gasteiger partial charge in [0.15, 0.2) is 0 Å². The quantitative estimate of drug-likeness (QED) is 0.504. The first kappa shape index (κ1) is 16.6. The van der Waals surface area contributed by atoms with Gasteiger partial charge in [-0.25, -0.2) is 0 Å². The van der Waals surface area contributed by atoms with Gasteiger partial charge in [0.25, 0.3) is 0 Å². The topological polar surface area (TPSA) is 6.48 Å². The molecule has 0 aromatic rings. The van der Waals surface area contributed by atoms with E-state index in [2.05, 4.69) is 40.8 Å². The Balaban J connectivity index is 1.38. The summed E-state index contributed by atoms with van der Waals surface area (Å²) in [7, 11) is 0. The Bertz CT molecular complexity index is 733. The molecule has 9 unspecified atom stereocenters. The van der Waals surface area contributed by atoms with Crippen LogP contribution in [0.3, 0.4) is 0 Å². The molecule has 150 valence electrons. The Morgan fingerprint density at radius 2 is 1.50 bits per heavy atom. The molecule has 0 bridgehead atoms. The van der Waals surface area contributed by atoms with Gasteiger partial charge in [-0.2, -0.15) is 0 Å². The van der Waals surface area contributed by atoms with Gasteiger partial charge in [0.05, 0.1) is 6.04 Å². The zero-order valence-corrected chi connectivity index (χ0v) is 17.3. The van der Waals surface area contributed by atoms with Gasteiger partial charge in [0.2, 0.25) is 0 Å². The highest BCUT2D eigenvalue weighted by Crippen LogP contribution is 2.64. The van der Waals surface area contributed by atoms with E-state index in [-0.39, 0.29) is 0 Å². The molecular weight excluding hydrogens is 340 g/mol. The van der Waals surface area contributed by atoms with Crippen LogP contribution in [0, 0.1) is 47.3 Å². The van der Waals surface area contributed by atoms with Crippen LogP contribution >= 0.6 is 0 Å². The Kier molecular flexibility index (Phi) is 3.65. The number of hydrogen-bond acceptors (Lipinski definition) is 2. The van der Waals surface area contributed by atoms with Crippen molar-refractivity contribution in [1.82, 2.24) is 10.0 Å². The first-order valence-corrected chi connectivity index (χ1v) is 12.5. The smallest absolute Gasteiger partial charge is 0.0602 e. The summed E-state index contributed by atoms with van der Waals surface area (Å²) in [6.07, 6.45) is 28.5.